The topological polar surface area (TPSA) is 93.0 Å². The monoisotopic (exact) mass is 234 g/mol. The zero-order chi connectivity index (χ0) is 13.0. The second-order valence-corrected chi connectivity index (χ2v) is 4.92. The molecular formula is C10H22N2O4. The van der Waals surface area contributed by atoms with E-state index in [1.807, 2.05) is 19.0 Å². The van der Waals surface area contributed by atoms with Crippen molar-refractivity contribution in [2.45, 2.75) is 25.0 Å². The van der Waals surface area contributed by atoms with Crippen LogP contribution in [0, 0.1) is 0 Å². The van der Waals surface area contributed by atoms with Crippen LogP contribution in [0.25, 0.3) is 0 Å². The van der Waals surface area contributed by atoms with E-state index in [0.717, 1.165) is 0 Å². The van der Waals surface area contributed by atoms with E-state index < -0.39 is 17.2 Å². The Bertz CT molecular complexity index is 239. The lowest BCUT2D eigenvalue weighted by Crippen LogP contribution is -2.51. The van der Waals surface area contributed by atoms with Crippen LogP contribution in [0.3, 0.4) is 0 Å². The summed E-state index contributed by atoms with van der Waals surface area (Å²) in [6, 6.07) is 0. The molecule has 0 aromatic carbocycles. The SMILES string of the molecule is CN(C)CC(C)(O)CNCC(C)(O)C(=O)O. The number of nitrogens with one attached hydrogen (secondary N) is 1. The van der Waals surface area contributed by atoms with Crippen molar-refractivity contribution in [2.24, 2.45) is 0 Å². The second-order valence-electron chi connectivity index (χ2n) is 4.92. The molecule has 0 saturated heterocycles. The van der Waals surface area contributed by atoms with Gasteiger partial charge in [0.25, 0.3) is 0 Å². The molecule has 0 amide bonds. The first-order valence-electron chi connectivity index (χ1n) is 5.10. The fourth-order valence-corrected chi connectivity index (χ4v) is 1.39. The zero-order valence-corrected chi connectivity index (χ0v) is 10.3. The van der Waals surface area contributed by atoms with Gasteiger partial charge in [-0.25, -0.2) is 4.79 Å². The van der Waals surface area contributed by atoms with Gasteiger partial charge in [-0.05, 0) is 27.9 Å². The summed E-state index contributed by atoms with van der Waals surface area (Å²) in [7, 11) is 3.67. The van der Waals surface area contributed by atoms with E-state index in [2.05, 4.69) is 5.32 Å². The van der Waals surface area contributed by atoms with Crippen molar-refractivity contribution < 1.29 is 20.1 Å². The molecule has 0 aromatic rings. The maximum atomic E-state index is 10.6. The van der Waals surface area contributed by atoms with E-state index in [-0.39, 0.29) is 13.1 Å². The Morgan fingerprint density at radius 2 is 1.75 bits per heavy atom. The Kier molecular flexibility index (Phi) is 5.34. The molecule has 0 heterocycles. The van der Waals surface area contributed by atoms with Crippen LogP contribution in [0.1, 0.15) is 13.8 Å². The molecule has 16 heavy (non-hydrogen) atoms. The van der Waals surface area contributed by atoms with Gasteiger partial charge in [-0.15, -0.1) is 0 Å². The van der Waals surface area contributed by atoms with Crippen LogP contribution in [0.2, 0.25) is 0 Å². The smallest absolute Gasteiger partial charge is 0.336 e. The predicted molar refractivity (Wildman–Crippen MR) is 60.3 cm³/mol. The molecule has 0 bridgehead atoms. The maximum absolute atomic E-state index is 10.6. The summed E-state index contributed by atoms with van der Waals surface area (Å²) >= 11 is 0. The molecular weight excluding hydrogens is 212 g/mol. The minimum atomic E-state index is -1.81. The minimum Gasteiger partial charge on any atom is -0.479 e. The lowest BCUT2D eigenvalue weighted by atomic mass is 10.0. The molecule has 4 N–H and O–H groups in total. The molecule has 0 aliphatic heterocycles. The van der Waals surface area contributed by atoms with Crippen molar-refractivity contribution in [1.82, 2.24) is 10.2 Å². The molecule has 6 heteroatoms. The predicted octanol–water partition coefficient (Wildman–Crippen LogP) is -1.28. The van der Waals surface area contributed by atoms with Crippen molar-refractivity contribution >= 4 is 5.97 Å². The summed E-state index contributed by atoms with van der Waals surface area (Å²) in [6.07, 6.45) is 0. The van der Waals surface area contributed by atoms with E-state index in [1.54, 1.807) is 6.92 Å². The van der Waals surface area contributed by atoms with Crippen molar-refractivity contribution in [3.8, 4) is 0 Å². The van der Waals surface area contributed by atoms with Gasteiger partial charge in [0.2, 0.25) is 0 Å². The number of likely N-dealkylation sites (N-methyl/N-ethyl adjacent to an activating group) is 1. The summed E-state index contributed by atoms with van der Waals surface area (Å²) in [5.41, 5.74) is -2.77. The number of aliphatic hydroxyl groups is 2. The number of hydrogen-bond acceptors (Lipinski definition) is 5. The summed E-state index contributed by atoms with van der Waals surface area (Å²) in [4.78, 5) is 12.4. The molecule has 0 rings (SSSR count). The molecule has 2 unspecified atom stereocenters. The van der Waals surface area contributed by atoms with Crippen molar-refractivity contribution in [2.75, 3.05) is 33.7 Å². The number of aliphatic carboxylic acids is 1. The van der Waals surface area contributed by atoms with Crippen LogP contribution in [0.4, 0.5) is 0 Å². The van der Waals surface area contributed by atoms with Crippen LogP contribution in [0.5, 0.6) is 0 Å². The zero-order valence-electron chi connectivity index (χ0n) is 10.3. The van der Waals surface area contributed by atoms with Gasteiger partial charge < -0.3 is 25.5 Å². The van der Waals surface area contributed by atoms with Gasteiger partial charge >= 0.3 is 5.97 Å². The van der Waals surface area contributed by atoms with Crippen molar-refractivity contribution in [3.63, 3.8) is 0 Å². The Morgan fingerprint density at radius 1 is 1.25 bits per heavy atom. The molecule has 0 radical (unpaired) electrons. The lowest BCUT2D eigenvalue weighted by molar-refractivity contribution is -0.156. The molecule has 0 aromatic heterocycles. The first-order chi connectivity index (χ1) is 7.07. The Balaban J connectivity index is 4.02. The average Bonchev–Trinajstić information content (AvgIpc) is 1.99. The molecule has 0 aliphatic rings. The lowest BCUT2D eigenvalue weighted by Gasteiger charge is -2.28. The first-order valence-corrected chi connectivity index (χ1v) is 5.10. The van der Waals surface area contributed by atoms with E-state index in [4.69, 9.17) is 5.11 Å². The van der Waals surface area contributed by atoms with Crippen molar-refractivity contribution in [3.05, 3.63) is 0 Å². The third-order valence-electron chi connectivity index (χ3n) is 2.09. The van der Waals surface area contributed by atoms with E-state index in [9.17, 15) is 15.0 Å². The van der Waals surface area contributed by atoms with E-state index >= 15 is 0 Å². The second kappa shape index (κ2) is 5.58. The quantitative estimate of drug-likeness (QED) is 0.439. The van der Waals surface area contributed by atoms with Crippen LogP contribution in [-0.2, 0) is 4.79 Å². The maximum Gasteiger partial charge on any atom is 0.336 e. The van der Waals surface area contributed by atoms with Gasteiger partial charge in [0, 0.05) is 19.6 Å². The molecule has 0 aliphatic carbocycles. The van der Waals surface area contributed by atoms with Gasteiger partial charge in [0.05, 0.1) is 5.60 Å². The highest BCUT2D eigenvalue weighted by molar-refractivity contribution is 5.76. The average molecular weight is 234 g/mol. The van der Waals surface area contributed by atoms with Gasteiger partial charge in [-0.2, -0.15) is 0 Å². The van der Waals surface area contributed by atoms with Crippen LogP contribution in [0.15, 0.2) is 0 Å². The summed E-state index contributed by atoms with van der Waals surface area (Å²) in [5, 5.41) is 30.7. The fourth-order valence-electron chi connectivity index (χ4n) is 1.39. The fraction of sp³-hybridized carbons (Fsp3) is 0.900. The Morgan fingerprint density at radius 3 is 2.12 bits per heavy atom. The largest absolute Gasteiger partial charge is 0.479 e. The van der Waals surface area contributed by atoms with Gasteiger partial charge in [-0.1, -0.05) is 0 Å². The Labute approximate surface area is 95.9 Å². The van der Waals surface area contributed by atoms with Crippen molar-refractivity contribution in [1.29, 1.82) is 0 Å². The molecule has 0 saturated carbocycles. The highest BCUT2D eigenvalue weighted by Crippen LogP contribution is 2.05. The third kappa shape index (κ3) is 6.02. The van der Waals surface area contributed by atoms with E-state index in [0.29, 0.717) is 6.54 Å². The molecule has 6 nitrogen and oxygen atoms in total. The normalized spacial score (nSPS) is 19.2. The number of carboxylic acid groups (broad SMARTS) is 1. The van der Waals surface area contributed by atoms with Crippen LogP contribution in [-0.4, -0.2) is 71.1 Å². The van der Waals surface area contributed by atoms with Gasteiger partial charge in [0.1, 0.15) is 0 Å². The number of nitrogens with zero attached hydrogens (tertiary/aromatic N) is 1. The standard InChI is InChI=1S/C10H22N2O4/c1-9(15,7-12(3)4)5-11-6-10(2,16)8(13)14/h11,15-16H,5-7H2,1-4H3,(H,13,14). The number of carbonyl (C=O) groups is 1. The third-order valence-corrected chi connectivity index (χ3v) is 2.09. The molecule has 0 fully saturated rings. The number of hydrogen-bond donors (Lipinski definition) is 4. The van der Waals surface area contributed by atoms with Crippen LogP contribution < -0.4 is 5.32 Å². The summed E-state index contributed by atoms with van der Waals surface area (Å²) < 4.78 is 0. The van der Waals surface area contributed by atoms with E-state index in [1.165, 1.54) is 6.92 Å². The number of rotatable bonds is 7. The van der Waals surface area contributed by atoms with Crippen LogP contribution >= 0.6 is 0 Å². The molecule has 0 spiro atoms. The number of carboxylic acids is 1. The van der Waals surface area contributed by atoms with Gasteiger partial charge in [-0.3, -0.25) is 0 Å². The summed E-state index contributed by atoms with van der Waals surface area (Å²) in [5.74, 6) is -1.28. The first kappa shape index (κ1) is 15.3. The molecule has 2 atom stereocenters. The highest BCUT2D eigenvalue weighted by atomic mass is 16.4. The highest BCUT2D eigenvalue weighted by Gasteiger charge is 2.30. The molecule has 96 valence electrons. The van der Waals surface area contributed by atoms with Gasteiger partial charge in [0.15, 0.2) is 5.60 Å². The Hall–Kier alpha value is -0.690. The summed E-state index contributed by atoms with van der Waals surface area (Å²) in [6.45, 7) is 3.42. The minimum absolute atomic E-state index is 0.105.